The van der Waals surface area contributed by atoms with Crippen LogP contribution in [-0.2, 0) is 0 Å². The standard InChI is InChI=1S/C15H25N3/c1-13-5-3-6-14(2)15(13)17-7-4-10-18-11-8-16-9-12-18/h3,5-6,16-17H,4,7-12H2,1-2H3. The fourth-order valence-electron chi connectivity index (χ4n) is 2.54. The van der Waals surface area contributed by atoms with E-state index in [9.17, 15) is 0 Å². The van der Waals surface area contributed by atoms with Crippen LogP contribution in [0, 0.1) is 13.8 Å². The Morgan fingerprint density at radius 3 is 2.50 bits per heavy atom. The van der Waals surface area contributed by atoms with Gasteiger partial charge < -0.3 is 15.5 Å². The van der Waals surface area contributed by atoms with Crippen LogP contribution in [-0.4, -0.2) is 44.2 Å². The van der Waals surface area contributed by atoms with E-state index in [-0.39, 0.29) is 0 Å². The second-order valence-electron chi connectivity index (χ2n) is 5.14. The number of hydrogen-bond donors (Lipinski definition) is 2. The fourth-order valence-corrected chi connectivity index (χ4v) is 2.54. The van der Waals surface area contributed by atoms with Crippen LogP contribution in [0.3, 0.4) is 0 Å². The molecular formula is C15H25N3. The lowest BCUT2D eigenvalue weighted by atomic mass is 10.1. The molecule has 0 amide bonds. The Kier molecular flexibility index (Phi) is 5.02. The summed E-state index contributed by atoms with van der Waals surface area (Å²) in [5.74, 6) is 0. The van der Waals surface area contributed by atoms with Crippen molar-refractivity contribution in [2.75, 3.05) is 44.6 Å². The first-order chi connectivity index (χ1) is 8.77. The van der Waals surface area contributed by atoms with Gasteiger partial charge >= 0.3 is 0 Å². The number of benzene rings is 1. The Morgan fingerprint density at radius 2 is 1.83 bits per heavy atom. The quantitative estimate of drug-likeness (QED) is 0.779. The number of rotatable bonds is 5. The highest BCUT2D eigenvalue weighted by Gasteiger charge is 2.08. The molecule has 2 rings (SSSR count). The third kappa shape index (κ3) is 3.72. The second kappa shape index (κ2) is 6.76. The number of anilines is 1. The Morgan fingerprint density at radius 1 is 1.17 bits per heavy atom. The van der Waals surface area contributed by atoms with Gasteiger partial charge in [0.15, 0.2) is 0 Å². The molecule has 1 aliphatic rings. The fraction of sp³-hybridized carbons (Fsp3) is 0.600. The van der Waals surface area contributed by atoms with E-state index in [2.05, 4.69) is 47.6 Å². The van der Waals surface area contributed by atoms with Gasteiger partial charge in [0.25, 0.3) is 0 Å². The lowest BCUT2D eigenvalue weighted by Crippen LogP contribution is -2.44. The summed E-state index contributed by atoms with van der Waals surface area (Å²) < 4.78 is 0. The first-order valence-corrected chi connectivity index (χ1v) is 7.00. The zero-order valence-electron chi connectivity index (χ0n) is 11.6. The molecule has 1 saturated heterocycles. The third-order valence-electron chi connectivity index (χ3n) is 3.64. The largest absolute Gasteiger partial charge is 0.385 e. The highest BCUT2D eigenvalue weighted by atomic mass is 15.2. The Balaban J connectivity index is 1.71. The second-order valence-corrected chi connectivity index (χ2v) is 5.14. The van der Waals surface area contributed by atoms with Crippen molar-refractivity contribution < 1.29 is 0 Å². The number of piperazine rings is 1. The number of aryl methyl sites for hydroxylation is 2. The van der Waals surface area contributed by atoms with Gasteiger partial charge in [-0.25, -0.2) is 0 Å². The van der Waals surface area contributed by atoms with Crippen molar-refractivity contribution in [2.24, 2.45) is 0 Å². The first kappa shape index (κ1) is 13.4. The molecule has 0 atom stereocenters. The minimum atomic E-state index is 1.07. The maximum Gasteiger partial charge on any atom is 0.0399 e. The zero-order chi connectivity index (χ0) is 12.8. The average molecular weight is 247 g/mol. The molecule has 0 aromatic heterocycles. The molecule has 1 heterocycles. The SMILES string of the molecule is Cc1cccc(C)c1NCCCN1CCNCC1. The van der Waals surface area contributed by atoms with Crippen LogP contribution < -0.4 is 10.6 Å². The summed E-state index contributed by atoms with van der Waals surface area (Å²) in [7, 11) is 0. The Bertz CT molecular complexity index is 350. The van der Waals surface area contributed by atoms with Gasteiger partial charge in [-0.2, -0.15) is 0 Å². The van der Waals surface area contributed by atoms with E-state index in [0.717, 1.165) is 19.6 Å². The summed E-state index contributed by atoms with van der Waals surface area (Å²) >= 11 is 0. The van der Waals surface area contributed by atoms with Crippen LogP contribution in [0.25, 0.3) is 0 Å². The molecule has 0 unspecified atom stereocenters. The molecule has 0 saturated carbocycles. The Hall–Kier alpha value is -1.06. The van der Waals surface area contributed by atoms with Crippen LogP contribution in [0.2, 0.25) is 0 Å². The number of nitrogens with zero attached hydrogens (tertiary/aromatic N) is 1. The van der Waals surface area contributed by atoms with Crippen molar-refractivity contribution in [3.63, 3.8) is 0 Å². The van der Waals surface area contributed by atoms with Crippen LogP contribution in [0.1, 0.15) is 17.5 Å². The number of nitrogens with one attached hydrogen (secondary N) is 2. The van der Waals surface area contributed by atoms with E-state index in [4.69, 9.17) is 0 Å². The monoisotopic (exact) mass is 247 g/mol. The number of para-hydroxylation sites is 1. The van der Waals surface area contributed by atoms with Crippen molar-refractivity contribution in [1.82, 2.24) is 10.2 Å². The van der Waals surface area contributed by atoms with Crippen LogP contribution in [0.5, 0.6) is 0 Å². The third-order valence-corrected chi connectivity index (χ3v) is 3.64. The molecule has 2 N–H and O–H groups in total. The van der Waals surface area contributed by atoms with Gasteiger partial charge in [-0.3, -0.25) is 0 Å². The van der Waals surface area contributed by atoms with E-state index in [1.54, 1.807) is 0 Å². The Labute approximate surface area is 111 Å². The molecule has 18 heavy (non-hydrogen) atoms. The summed E-state index contributed by atoms with van der Waals surface area (Å²) in [5.41, 5.74) is 4.01. The van der Waals surface area contributed by atoms with E-state index < -0.39 is 0 Å². The molecule has 3 nitrogen and oxygen atoms in total. The van der Waals surface area contributed by atoms with E-state index >= 15 is 0 Å². The van der Waals surface area contributed by atoms with Gasteiger partial charge in [0.05, 0.1) is 0 Å². The molecule has 1 fully saturated rings. The van der Waals surface area contributed by atoms with Gasteiger partial charge in [-0.15, -0.1) is 0 Å². The maximum absolute atomic E-state index is 3.58. The summed E-state index contributed by atoms with van der Waals surface area (Å²) in [6, 6.07) is 6.47. The summed E-state index contributed by atoms with van der Waals surface area (Å²) in [6.45, 7) is 11.3. The lowest BCUT2D eigenvalue weighted by molar-refractivity contribution is 0.240. The highest BCUT2D eigenvalue weighted by Crippen LogP contribution is 2.19. The van der Waals surface area contributed by atoms with Crippen molar-refractivity contribution >= 4 is 5.69 Å². The molecule has 0 spiro atoms. The topological polar surface area (TPSA) is 27.3 Å². The average Bonchev–Trinajstić information content (AvgIpc) is 2.38. The first-order valence-electron chi connectivity index (χ1n) is 7.00. The van der Waals surface area contributed by atoms with Crippen molar-refractivity contribution in [1.29, 1.82) is 0 Å². The predicted molar refractivity (Wildman–Crippen MR) is 78.3 cm³/mol. The summed E-state index contributed by atoms with van der Waals surface area (Å²) in [4.78, 5) is 2.54. The smallest absolute Gasteiger partial charge is 0.0399 e. The molecule has 100 valence electrons. The minimum Gasteiger partial charge on any atom is -0.385 e. The minimum absolute atomic E-state index is 1.07. The highest BCUT2D eigenvalue weighted by molar-refractivity contribution is 5.56. The van der Waals surface area contributed by atoms with Gasteiger partial charge in [0.1, 0.15) is 0 Å². The summed E-state index contributed by atoms with van der Waals surface area (Å²) in [6.07, 6.45) is 1.22. The van der Waals surface area contributed by atoms with Crippen LogP contribution >= 0.6 is 0 Å². The summed E-state index contributed by atoms with van der Waals surface area (Å²) in [5, 5.41) is 6.97. The molecule has 1 aromatic rings. The number of hydrogen-bond acceptors (Lipinski definition) is 3. The van der Waals surface area contributed by atoms with Crippen LogP contribution in [0.15, 0.2) is 18.2 Å². The lowest BCUT2D eigenvalue weighted by Gasteiger charge is -2.27. The predicted octanol–water partition coefficient (Wildman–Crippen LogP) is 2.01. The van der Waals surface area contributed by atoms with Gasteiger partial charge in [0, 0.05) is 38.4 Å². The molecule has 0 bridgehead atoms. The van der Waals surface area contributed by atoms with E-state index in [1.807, 2.05) is 0 Å². The van der Waals surface area contributed by atoms with Crippen molar-refractivity contribution in [3.8, 4) is 0 Å². The zero-order valence-corrected chi connectivity index (χ0v) is 11.6. The van der Waals surface area contributed by atoms with Gasteiger partial charge in [-0.05, 0) is 37.9 Å². The molecule has 0 radical (unpaired) electrons. The van der Waals surface area contributed by atoms with E-state index in [0.29, 0.717) is 0 Å². The molecular weight excluding hydrogens is 222 g/mol. The maximum atomic E-state index is 3.58. The van der Waals surface area contributed by atoms with E-state index in [1.165, 1.54) is 42.9 Å². The molecule has 0 aliphatic carbocycles. The molecule has 3 heteroatoms. The molecule has 1 aliphatic heterocycles. The van der Waals surface area contributed by atoms with Crippen LogP contribution in [0.4, 0.5) is 5.69 Å². The normalized spacial score (nSPS) is 16.8. The van der Waals surface area contributed by atoms with Crippen molar-refractivity contribution in [2.45, 2.75) is 20.3 Å². The molecule has 1 aromatic carbocycles. The van der Waals surface area contributed by atoms with Crippen molar-refractivity contribution in [3.05, 3.63) is 29.3 Å². The van der Waals surface area contributed by atoms with Gasteiger partial charge in [-0.1, -0.05) is 18.2 Å². The van der Waals surface area contributed by atoms with Gasteiger partial charge in [0.2, 0.25) is 0 Å².